The Bertz CT molecular complexity index is 710. The third-order valence-electron chi connectivity index (χ3n) is 4.67. The minimum absolute atomic E-state index is 0.0311. The normalized spacial score (nSPS) is 19.2. The van der Waals surface area contributed by atoms with Crippen LogP contribution in [-0.2, 0) is 18.4 Å². The Hall–Kier alpha value is -2.19. The van der Waals surface area contributed by atoms with Crippen molar-refractivity contribution in [2.75, 3.05) is 31.5 Å². The predicted molar refractivity (Wildman–Crippen MR) is 94.0 cm³/mol. The molecule has 0 aromatic carbocycles. The largest absolute Gasteiger partial charge is 0.360 e. The third kappa shape index (κ3) is 4.67. The number of anilines is 1. The molecular formula is C17H26N6O2. The van der Waals surface area contributed by atoms with Gasteiger partial charge >= 0.3 is 0 Å². The van der Waals surface area contributed by atoms with E-state index < -0.39 is 0 Å². The second-order valence-corrected chi connectivity index (χ2v) is 6.70. The Kier molecular flexibility index (Phi) is 5.50. The Morgan fingerprint density at radius 3 is 2.92 bits per heavy atom. The molecule has 136 valence electrons. The van der Waals surface area contributed by atoms with Gasteiger partial charge in [0.1, 0.15) is 11.6 Å². The molecule has 1 fully saturated rings. The summed E-state index contributed by atoms with van der Waals surface area (Å²) in [7, 11) is 2.03. The van der Waals surface area contributed by atoms with Gasteiger partial charge in [0.25, 0.3) is 0 Å². The number of aromatic nitrogens is 3. The molecule has 0 radical (unpaired) electrons. The lowest BCUT2D eigenvalue weighted by Crippen LogP contribution is -2.52. The number of amides is 1. The van der Waals surface area contributed by atoms with E-state index in [9.17, 15) is 4.79 Å². The van der Waals surface area contributed by atoms with E-state index in [2.05, 4.69) is 36.7 Å². The number of nitrogens with zero attached hydrogens (tertiary/aromatic N) is 5. The molecule has 1 aliphatic heterocycles. The van der Waals surface area contributed by atoms with Gasteiger partial charge < -0.3 is 19.3 Å². The quantitative estimate of drug-likeness (QED) is 0.848. The van der Waals surface area contributed by atoms with Gasteiger partial charge in [-0.1, -0.05) is 5.16 Å². The van der Waals surface area contributed by atoms with Crippen LogP contribution in [0.15, 0.2) is 23.0 Å². The molecule has 2 aromatic rings. The van der Waals surface area contributed by atoms with Crippen LogP contribution < -0.4 is 5.32 Å². The fourth-order valence-corrected chi connectivity index (χ4v) is 3.13. The minimum Gasteiger partial charge on any atom is -0.360 e. The second-order valence-electron chi connectivity index (χ2n) is 6.70. The third-order valence-corrected chi connectivity index (χ3v) is 4.67. The van der Waals surface area contributed by atoms with Crippen molar-refractivity contribution in [1.29, 1.82) is 0 Å². The maximum Gasteiger partial charge on any atom is 0.226 e. The zero-order chi connectivity index (χ0) is 17.8. The first-order valence-electron chi connectivity index (χ1n) is 8.67. The number of imidazole rings is 1. The van der Waals surface area contributed by atoms with Crippen LogP contribution in [0.25, 0.3) is 0 Å². The molecule has 1 saturated heterocycles. The first kappa shape index (κ1) is 17.6. The molecule has 0 saturated carbocycles. The number of aryl methyl sites for hydroxylation is 2. The standard InChI is InChI=1S/C17H26N6O2/c1-13-11-22(6-4-17(24)19-15-10-14(2)25-20-15)8-9-23(13)12-16-18-5-7-21(16)3/h5,7,10,13H,4,6,8-9,11-12H2,1-3H3,(H,19,20,24). The van der Waals surface area contributed by atoms with Gasteiger partial charge in [0.2, 0.25) is 5.91 Å². The van der Waals surface area contributed by atoms with Crippen LogP contribution in [0.3, 0.4) is 0 Å². The average Bonchev–Trinajstić information content (AvgIpc) is 3.16. The fourth-order valence-electron chi connectivity index (χ4n) is 3.13. The summed E-state index contributed by atoms with van der Waals surface area (Å²) < 4.78 is 7.01. The van der Waals surface area contributed by atoms with Gasteiger partial charge in [-0.3, -0.25) is 9.69 Å². The van der Waals surface area contributed by atoms with E-state index in [4.69, 9.17) is 4.52 Å². The summed E-state index contributed by atoms with van der Waals surface area (Å²) in [5, 5.41) is 6.55. The van der Waals surface area contributed by atoms with Crippen LogP contribution in [0.2, 0.25) is 0 Å². The zero-order valence-corrected chi connectivity index (χ0v) is 15.1. The van der Waals surface area contributed by atoms with Gasteiger partial charge in [-0.15, -0.1) is 0 Å². The number of hydrogen-bond acceptors (Lipinski definition) is 6. The van der Waals surface area contributed by atoms with E-state index in [0.29, 0.717) is 24.0 Å². The molecule has 1 aliphatic rings. The van der Waals surface area contributed by atoms with Crippen molar-refractivity contribution in [3.63, 3.8) is 0 Å². The lowest BCUT2D eigenvalue weighted by atomic mass is 10.2. The topological polar surface area (TPSA) is 79.4 Å². The Morgan fingerprint density at radius 1 is 1.44 bits per heavy atom. The predicted octanol–water partition coefficient (Wildman–Crippen LogP) is 1.25. The van der Waals surface area contributed by atoms with Gasteiger partial charge in [0.05, 0.1) is 6.54 Å². The van der Waals surface area contributed by atoms with Crippen LogP contribution in [0.4, 0.5) is 5.82 Å². The molecule has 1 unspecified atom stereocenters. The highest BCUT2D eigenvalue weighted by Gasteiger charge is 2.24. The molecule has 1 atom stereocenters. The summed E-state index contributed by atoms with van der Waals surface area (Å²) in [6, 6.07) is 2.16. The summed E-state index contributed by atoms with van der Waals surface area (Å²) in [6.07, 6.45) is 4.27. The van der Waals surface area contributed by atoms with Crippen molar-refractivity contribution in [2.45, 2.75) is 32.9 Å². The highest BCUT2D eigenvalue weighted by molar-refractivity contribution is 5.89. The number of rotatable bonds is 6. The summed E-state index contributed by atoms with van der Waals surface area (Å²) in [6.45, 7) is 8.56. The van der Waals surface area contributed by atoms with Gasteiger partial charge in [0.15, 0.2) is 5.82 Å². The highest BCUT2D eigenvalue weighted by Crippen LogP contribution is 2.13. The van der Waals surface area contributed by atoms with Crippen LogP contribution in [0.1, 0.15) is 24.9 Å². The van der Waals surface area contributed by atoms with E-state index in [-0.39, 0.29) is 5.91 Å². The molecule has 3 heterocycles. The van der Waals surface area contributed by atoms with Crippen molar-refractivity contribution < 1.29 is 9.32 Å². The maximum absolute atomic E-state index is 12.0. The van der Waals surface area contributed by atoms with E-state index in [1.165, 1.54) is 0 Å². The Labute approximate surface area is 147 Å². The molecule has 2 aromatic heterocycles. The number of carbonyl (C=O) groups excluding carboxylic acids is 1. The molecule has 8 heteroatoms. The van der Waals surface area contributed by atoms with Crippen molar-refractivity contribution in [3.05, 3.63) is 30.0 Å². The van der Waals surface area contributed by atoms with Crippen LogP contribution >= 0.6 is 0 Å². The van der Waals surface area contributed by atoms with Gasteiger partial charge in [-0.2, -0.15) is 0 Å². The van der Waals surface area contributed by atoms with Crippen molar-refractivity contribution in [2.24, 2.45) is 7.05 Å². The highest BCUT2D eigenvalue weighted by atomic mass is 16.5. The van der Waals surface area contributed by atoms with E-state index in [1.807, 2.05) is 19.4 Å². The number of carbonyl (C=O) groups is 1. The summed E-state index contributed by atoms with van der Waals surface area (Å²) >= 11 is 0. The van der Waals surface area contributed by atoms with Crippen LogP contribution in [0.5, 0.6) is 0 Å². The maximum atomic E-state index is 12.0. The molecule has 1 N–H and O–H groups in total. The van der Waals surface area contributed by atoms with Crippen molar-refractivity contribution >= 4 is 11.7 Å². The number of nitrogens with one attached hydrogen (secondary N) is 1. The Balaban J connectivity index is 1.42. The SMILES string of the molecule is Cc1cc(NC(=O)CCN2CCN(Cc3nccn3C)C(C)C2)no1. The molecule has 0 spiro atoms. The second kappa shape index (κ2) is 7.79. The lowest BCUT2D eigenvalue weighted by Gasteiger charge is -2.39. The number of piperazine rings is 1. The first-order valence-corrected chi connectivity index (χ1v) is 8.67. The lowest BCUT2D eigenvalue weighted by molar-refractivity contribution is -0.116. The summed E-state index contributed by atoms with van der Waals surface area (Å²) in [5.41, 5.74) is 0. The summed E-state index contributed by atoms with van der Waals surface area (Å²) in [4.78, 5) is 21.2. The van der Waals surface area contributed by atoms with E-state index >= 15 is 0 Å². The van der Waals surface area contributed by atoms with Gasteiger partial charge in [-0.05, 0) is 13.8 Å². The Morgan fingerprint density at radius 2 is 2.28 bits per heavy atom. The van der Waals surface area contributed by atoms with E-state index in [0.717, 1.165) is 38.5 Å². The fraction of sp³-hybridized carbons (Fsp3) is 0.588. The van der Waals surface area contributed by atoms with E-state index in [1.54, 1.807) is 13.0 Å². The summed E-state index contributed by atoms with van der Waals surface area (Å²) in [5.74, 6) is 2.22. The minimum atomic E-state index is -0.0311. The van der Waals surface area contributed by atoms with Crippen molar-refractivity contribution in [1.82, 2.24) is 24.5 Å². The van der Waals surface area contributed by atoms with Crippen LogP contribution in [0, 0.1) is 6.92 Å². The average molecular weight is 346 g/mol. The monoisotopic (exact) mass is 346 g/mol. The van der Waals surface area contributed by atoms with Gasteiger partial charge in [-0.25, -0.2) is 4.98 Å². The first-order chi connectivity index (χ1) is 12.0. The zero-order valence-electron chi connectivity index (χ0n) is 15.1. The molecule has 1 amide bonds. The van der Waals surface area contributed by atoms with Crippen LogP contribution in [-0.4, -0.2) is 62.6 Å². The molecule has 0 bridgehead atoms. The molecule has 3 rings (SSSR count). The molecule has 25 heavy (non-hydrogen) atoms. The molecule has 0 aliphatic carbocycles. The van der Waals surface area contributed by atoms with Crippen molar-refractivity contribution in [3.8, 4) is 0 Å². The molecular weight excluding hydrogens is 320 g/mol. The van der Waals surface area contributed by atoms with Gasteiger partial charge in [0, 0.05) is 64.1 Å². The molecule has 8 nitrogen and oxygen atoms in total. The number of hydrogen-bond donors (Lipinski definition) is 1. The smallest absolute Gasteiger partial charge is 0.226 e.